The predicted octanol–water partition coefficient (Wildman–Crippen LogP) is 3.29. The molecule has 104 valence electrons. The highest BCUT2D eigenvalue weighted by Crippen LogP contribution is 2.19. The maximum Gasteiger partial charge on any atom is 0.0701 e. The molecule has 0 radical (unpaired) electrons. The minimum Gasteiger partial charge on any atom is -0.379 e. The van der Waals surface area contributed by atoms with Gasteiger partial charge < -0.3 is 14.8 Å². The van der Waals surface area contributed by atoms with Crippen molar-refractivity contribution in [3.8, 4) is 0 Å². The number of rotatable bonds is 10. The first-order valence-corrected chi connectivity index (χ1v) is 7.95. The lowest BCUT2D eigenvalue weighted by Crippen LogP contribution is -2.20. The maximum absolute atomic E-state index is 5.47. The van der Waals surface area contributed by atoms with Crippen molar-refractivity contribution in [2.24, 2.45) is 5.92 Å². The van der Waals surface area contributed by atoms with Crippen LogP contribution >= 0.6 is 27.3 Å². The highest BCUT2D eigenvalue weighted by molar-refractivity contribution is 9.10. The molecule has 0 unspecified atom stereocenters. The van der Waals surface area contributed by atoms with Gasteiger partial charge in [0.1, 0.15) is 0 Å². The molecule has 0 aromatic carbocycles. The minimum absolute atomic E-state index is 0.594. The molecule has 0 aliphatic heterocycles. The molecular formula is C13H22BrNO2S. The Bertz CT molecular complexity index is 318. The first-order valence-electron chi connectivity index (χ1n) is 6.27. The van der Waals surface area contributed by atoms with Crippen molar-refractivity contribution in [2.45, 2.75) is 20.4 Å². The molecule has 0 aliphatic carbocycles. The second kappa shape index (κ2) is 9.92. The molecule has 5 heteroatoms. The van der Waals surface area contributed by atoms with E-state index in [2.05, 4.69) is 46.5 Å². The smallest absolute Gasteiger partial charge is 0.0701 e. The molecule has 0 atom stereocenters. The Morgan fingerprint density at radius 1 is 1.28 bits per heavy atom. The van der Waals surface area contributed by atoms with Crippen molar-refractivity contribution >= 4 is 27.3 Å². The number of thiophene rings is 1. The highest BCUT2D eigenvalue weighted by Gasteiger charge is 1.97. The topological polar surface area (TPSA) is 30.5 Å². The van der Waals surface area contributed by atoms with Crippen molar-refractivity contribution in [2.75, 3.05) is 33.0 Å². The van der Waals surface area contributed by atoms with E-state index in [4.69, 9.17) is 9.47 Å². The Hall–Kier alpha value is 0.0600. The summed E-state index contributed by atoms with van der Waals surface area (Å²) >= 11 is 5.20. The van der Waals surface area contributed by atoms with Crippen molar-refractivity contribution in [3.63, 3.8) is 0 Å². The molecule has 18 heavy (non-hydrogen) atoms. The zero-order valence-corrected chi connectivity index (χ0v) is 13.5. The molecule has 1 aromatic rings. The molecule has 1 aromatic heterocycles. The molecule has 0 bridgehead atoms. The Labute approximate surface area is 122 Å². The van der Waals surface area contributed by atoms with Gasteiger partial charge in [-0.3, -0.25) is 0 Å². The molecule has 0 aliphatic rings. The molecule has 3 nitrogen and oxygen atoms in total. The lowest BCUT2D eigenvalue weighted by molar-refractivity contribution is 0.0387. The Kier molecular flexibility index (Phi) is 8.88. The fourth-order valence-electron chi connectivity index (χ4n) is 1.34. The van der Waals surface area contributed by atoms with Gasteiger partial charge in [0.2, 0.25) is 0 Å². The van der Waals surface area contributed by atoms with E-state index in [9.17, 15) is 0 Å². The fraction of sp³-hybridized carbons (Fsp3) is 0.692. The van der Waals surface area contributed by atoms with Gasteiger partial charge in [-0.1, -0.05) is 13.8 Å². The molecule has 0 amide bonds. The average molecular weight is 336 g/mol. The van der Waals surface area contributed by atoms with Crippen molar-refractivity contribution in [3.05, 3.63) is 20.8 Å². The average Bonchev–Trinajstić information content (AvgIpc) is 2.72. The summed E-state index contributed by atoms with van der Waals surface area (Å²) in [5.74, 6) is 0.594. The van der Waals surface area contributed by atoms with E-state index in [-0.39, 0.29) is 0 Å². The number of hydrogen-bond donors (Lipinski definition) is 1. The van der Waals surface area contributed by atoms with Crippen molar-refractivity contribution in [1.82, 2.24) is 5.32 Å². The zero-order chi connectivity index (χ0) is 13.2. The molecule has 1 rings (SSSR count). The SMILES string of the molecule is CC(C)COCCOCCNCc1cc(Br)cs1. The number of halogens is 1. The largest absolute Gasteiger partial charge is 0.379 e. The third-order valence-electron chi connectivity index (χ3n) is 2.17. The first kappa shape index (κ1) is 16.1. The minimum atomic E-state index is 0.594. The molecular weight excluding hydrogens is 314 g/mol. The highest BCUT2D eigenvalue weighted by atomic mass is 79.9. The molecule has 0 saturated heterocycles. The van der Waals surface area contributed by atoms with E-state index in [1.807, 2.05) is 0 Å². The number of ether oxygens (including phenoxy) is 2. The van der Waals surface area contributed by atoms with Crippen LogP contribution in [0.3, 0.4) is 0 Å². The maximum atomic E-state index is 5.47. The Morgan fingerprint density at radius 2 is 2.06 bits per heavy atom. The standard InChI is InChI=1S/C13H22BrNO2S/c1-11(2)9-17-6-5-16-4-3-15-8-13-7-12(14)10-18-13/h7,10-11,15H,3-6,8-9H2,1-2H3. The second-order valence-electron chi connectivity index (χ2n) is 4.49. The summed E-state index contributed by atoms with van der Waals surface area (Å²) in [6.07, 6.45) is 0. The van der Waals surface area contributed by atoms with E-state index in [1.54, 1.807) is 11.3 Å². The van der Waals surface area contributed by atoms with Crippen LogP contribution in [0.4, 0.5) is 0 Å². The lowest BCUT2D eigenvalue weighted by Gasteiger charge is -2.08. The van der Waals surface area contributed by atoms with E-state index >= 15 is 0 Å². The van der Waals surface area contributed by atoms with E-state index < -0.39 is 0 Å². The van der Waals surface area contributed by atoms with Gasteiger partial charge in [-0.15, -0.1) is 11.3 Å². The number of nitrogens with one attached hydrogen (secondary N) is 1. The van der Waals surface area contributed by atoms with Gasteiger partial charge in [0.25, 0.3) is 0 Å². The predicted molar refractivity (Wildman–Crippen MR) is 80.2 cm³/mol. The Morgan fingerprint density at radius 3 is 2.72 bits per heavy atom. The van der Waals surface area contributed by atoms with Crippen LogP contribution in [0.5, 0.6) is 0 Å². The third kappa shape index (κ3) is 8.21. The summed E-state index contributed by atoms with van der Waals surface area (Å²) < 4.78 is 12.0. The summed E-state index contributed by atoms with van der Waals surface area (Å²) in [6.45, 7) is 8.99. The first-order chi connectivity index (χ1) is 8.68. The lowest BCUT2D eigenvalue weighted by atomic mass is 10.2. The van der Waals surface area contributed by atoms with Gasteiger partial charge in [0.05, 0.1) is 19.8 Å². The van der Waals surface area contributed by atoms with E-state index in [0.717, 1.165) is 30.8 Å². The molecule has 0 spiro atoms. The van der Waals surface area contributed by atoms with Crippen LogP contribution in [0.15, 0.2) is 15.9 Å². The van der Waals surface area contributed by atoms with Crippen LogP contribution in [-0.2, 0) is 16.0 Å². The van der Waals surface area contributed by atoms with Gasteiger partial charge in [-0.2, -0.15) is 0 Å². The van der Waals surface area contributed by atoms with Crippen LogP contribution in [-0.4, -0.2) is 33.0 Å². The molecule has 0 fully saturated rings. The van der Waals surface area contributed by atoms with Crippen LogP contribution in [0.2, 0.25) is 0 Å². The van der Waals surface area contributed by atoms with Gasteiger partial charge in [0.15, 0.2) is 0 Å². The van der Waals surface area contributed by atoms with Crippen molar-refractivity contribution in [1.29, 1.82) is 0 Å². The van der Waals surface area contributed by atoms with Crippen molar-refractivity contribution < 1.29 is 9.47 Å². The second-order valence-corrected chi connectivity index (χ2v) is 6.40. The van der Waals surface area contributed by atoms with Crippen LogP contribution in [0.25, 0.3) is 0 Å². The summed E-state index contributed by atoms with van der Waals surface area (Å²) in [5, 5.41) is 5.44. The summed E-state index contributed by atoms with van der Waals surface area (Å²) in [6, 6.07) is 2.14. The van der Waals surface area contributed by atoms with Gasteiger partial charge in [-0.25, -0.2) is 0 Å². The summed E-state index contributed by atoms with van der Waals surface area (Å²) in [7, 11) is 0. The van der Waals surface area contributed by atoms with E-state index in [1.165, 1.54) is 4.88 Å². The van der Waals surface area contributed by atoms with Crippen LogP contribution < -0.4 is 5.32 Å². The van der Waals surface area contributed by atoms with Crippen LogP contribution in [0, 0.1) is 5.92 Å². The third-order valence-corrected chi connectivity index (χ3v) is 3.86. The molecule has 1 N–H and O–H groups in total. The quantitative estimate of drug-likeness (QED) is 0.665. The van der Waals surface area contributed by atoms with E-state index in [0.29, 0.717) is 19.1 Å². The Balaban J connectivity index is 1.84. The van der Waals surface area contributed by atoms with Gasteiger partial charge in [-0.05, 0) is 27.9 Å². The van der Waals surface area contributed by atoms with Gasteiger partial charge >= 0.3 is 0 Å². The molecule has 0 saturated carbocycles. The van der Waals surface area contributed by atoms with Gasteiger partial charge in [0, 0.05) is 34.4 Å². The normalized spacial score (nSPS) is 11.3. The van der Waals surface area contributed by atoms with Crippen LogP contribution in [0.1, 0.15) is 18.7 Å². The monoisotopic (exact) mass is 335 g/mol. The fourth-order valence-corrected chi connectivity index (χ4v) is 2.76. The molecule has 1 heterocycles. The zero-order valence-electron chi connectivity index (χ0n) is 11.1. The number of hydrogen-bond acceptors (Lipinski definition) is 4. The summed E-state index contributed by atoms with van der Waals surface area (Å²) in [4.78, 5) is 1.34. The summed E-state index contributed by atoms with van der Waals surface area (Å²) in [5.41, 5.74) is 0.